The van der Waals surface area contributed by atoms with Gasteiger partial charge in [0.1, 0.15) is 5.82 Å². The van der Waals surface area contributed by atoms with Crippen LogP contribution >= 0.6 is 11.6 Å². The van der Waals surface area contributed by atoms with Crippen LogP contribution < -0.4 is 0 Å². The molecule has 11 heteroatoms. The van der Waals surface area contributed by atoms with E-state index in [4.69, 9.17) is 11.6 Å². The van der Waals surface area contributed by atoms with Gasteiger partial charge in [0.05, 0.1) is 29.6 Å². The molecule has 1 N–H and O–H groups in total. The van der Waals surface area contributed by atoms with Crippen molar-refractivity contribution in [3.8, 4) is 0 Å². The first-order valence-corrected chi connectivity index (χ1v) is 11.4. The van der Waals surface area contributed by atoms with E-state index in [1.54, 1.807) is 0 Å². The van der Waals surface area contributed by atoms with Crippen LogP contribution in [0.2, 0.25) is 5.02 Å². The molecule has 0 radical (unpaired) electrons. The summed E-state index contributed by atoms with van der Waals surface area (Å²) in [6.45, 7) is -0.233. The van der Waals surface area contributed by atoms with Crippen molar-refractivity contribution in [2.24, 2.45) is 10.8 Å². The Bertz CT molecular complexity index is 1180. The van der Waals surface area contributed by atoms with Gasteiger partial charge < -0.3 is 10.0 Å². The Morgan fingerprint density at radius 3 is 2.41 bits per heavy atom. The van der Waals surface area contributed by atoms with Crippen molar-refractivity contribution in [3.63, 3.8) is 0 Å². The van der Waals surface area contributed by atoms with Gasteiger partial charge in [0.25, 0.3) is 0 Å². The zero-order valence-electron chi connectivity index (χ0n) is 18.1. The molecule has 0 spiro atoms. The molecular formula is C23H22ClF4N3O3. The number of hydrogen-bond donors (Lipinski definition) is 1. The number of rotatable bonds is 4. The molecule has 2 aromatic rings. The molecule has 2 heterocycles. The molecule has 1 aliphatic heterocycles. The van der Waals surface area contributed by atoms with E-state index in [9.17, 15) is 32.3 Å². The Kier molecular flexibility index (Phi) is 5.24. The van der Waals surface area contributed by atoms with Gasteiger partial charge in [-0.25, -0.2) is 4.39 Å². The molecule has 2 saturated carbocycles. The fraction of sp³-hybridized carbons (Fsp3) is 0.522. The van der Waals surface area contributed by atoms with E-state index in [-0.39, 0.29) is 60.2 Å². The maximum Gasteiger partial charge on any atom is 0.435 e. The monoisotopic (exact) mass is 499 g/mol. The third kappa shape index (κ3) is 3.57. The second-order valence-corrected chi connectivity index (χ2v) is 10.1. The molecular weight excluding hydrogens is 478 g/mol. The summed E-state index contributed by atoms with van der Waals surface area (Å²) in [7, 11) is 0. The van der Waals surface area contributed by atoms with Crippen LogP contribution in [0.15, 0.2) is 18.2 Å². The van der Waals surface area contributed by atoms with E-state index in [0.717, 1.165) is 10.7 Å². The van der Waals surface area contributed by atoms with Crippen molar-refractivity contribution in [2.45, 2.75) is 57.8 Å². The number of fused-ring (bicyclic) bond motifs is 3. The second kappa shape index (κ2) is 7.69. The lowest BCUT2D eigenvalue weighted by Gasteiger charge is -2.35. The number of carboxylic acids is 1. The maximum absolute atomic E-state index is 14.4. The van der Waals surface area contributed by atoms with E-state index < -0.39 is 34.5 Å². The highest BCUT2D eigenvalue weighted by Crippen LogP contribution is 2.62. The normalized spacial score (nSPS) is 26.1. The molecule has 2 bridgehead atoms. The molecule has 1 aromatic heterocycles. The molecule has 0 saturated heterocycles. The van der Waals surface area contributed by atoms with Crippen molar-refractivity contribution >= 4 is 23.5 Å². The minimum atomic E-state index is -4.68. The van der Waals surface area contributed by atoms with Gasteiger partial charge in [-0.15, -0.1) is 0 Å². The second-order valence-electron chi connectivity index (χ2n) is 9.68. The van der Waals surface area contributed by atoms with E-state index in [1.165, 1.54) is 17.0 Å². The van der Waals surface area contributed by atoms with E-state index >= 15 is 0 Å². The standard InChI is InChI=1S/C23H22ClF4N3O3/c24-14-2-1-13(16(25)9-14)10-31-17-11-30(8-3-15(17)18(29-31)23(26,27)28)19(32)21-4-6-22(12-21,7-5-21)20(33)34/h1-2,9H,3-8,10-12H2,(H,33,34). The molecule has 182 valence electrons. The topological polar surface area (TPSA) is 75.4 Å². The summed E-state index contributed by atoms with van der Waals surface area (Å²) in [4.78, 5) is 26.8. The molecule has 1 amide bonds. The van der Waals surface area contributed by atoms with Gasteiger partial charge in [-0.2, -0.15) is 18.3 Å². The third-order valence-electron chi connectivity index (χ3n) is 7.78. The molecule has 5 rings (SSSR count). The van der Waals surface area contributed by atoms with Gasteiger partial charge in [-0.3, -0.25) is 14.3 Å². The van der Waals surface area contributed by atoms with Crippen LogP contribution in [0.5, 0.6) is 0 Å². The first-order chi connectivity index (χ1) is 15.9. The fourth-order valence-electron chi connectivity index (χ4n) is 5.95. The van der Waals surface area contributed by atoms with Gasteiger partial charge in [0, 0.05) is 22.7 Å². The maximum atomic E-state index is 14.4. The molecule has 2 aliphatic carbocycles. The zero-order chi connectivity index (χ0) is 24.5. The fourth-order valence-corrected chi connectivity index (χ4v) is 6.10. The SMILES string of the molecule is O=C(O)C12CCC(C(=O)N3CCc4c(C(F)(F)F)nn(Cc5ccc(Cl)cc5F)c4C3)(CC1)C2. The van der Waals surface area contributed by atoms with E-state index in [1.807, 2.05) is 0 Å². The van der Waals surface area contributed by atoms with Gasteiger partial charge in [-0.05, 0) is 50.7 Å². The van der Waals surface area contributed by atoms with Crippen molar-refractivity contribution in [1.82, 2.24) is 14.7 Å². The number of hydrogen-bond acceptors (Lipinski definition) is 3. The summed E-state index contributed by atoms with van der Waals surface area (Å²) in [5.41, 5.74) is -2.32. The number of carboxylic acid groups (broad SMARTS) is 1. The first-order valence-electron chi connectivity index (χ1n) is 11.1. The number of carbonyl (C=O) groups is 2. The Morgan fingerprint density at radius 1 is 1.15 bits per heavy atom. The van der Waals surface area contributed by atoms with Crippen molar-refractivity contribution < 1.29 is 32.3 Å². The average molecular weight is 500 g/mol. The lowest BCUT2D eigenvalue weighted by molar-refractivity contribution is -0.148. The van der Waals surface area contributed by atoms with Crippen LogP contribution in [0.4, 0.5) is 17.6 Å². The number of aliphatic carboxylic acids is 1. The summed E-state index contributed by atoms with van der Waals surface area (Å²) in [5, 5.41) is 13.6. The Balaban J connectivity index is 1.46. The number of aromatic nitrogens is 2. The van der Waals surface area contributed by atoms with Crippen molar-refractivity contribution in [3.05, 3.63) is 51.6 Å². The van der Waals surface area contributed by atoms with Gasteiger partial charge >= 0.3 is 12.1 Å². The Hall–Kier alpha value is -2.62. The predicted molar refractivity (Wildman–Crippen MR) is 112 cm³/mol. The average Bonchev–Trinajstić information content (AvgIpc) is 3.46. The number of carbonyl (C=O) groups excluding carboxylic acids is 1. The summed E-state index contributed by atoms with van der Waals surface area (Å²) in [5.74, 6) is -1.76. The van der Waals surface area contributed by atoms with Gasteiger partial charge in [0.2, 0.25) is 5.91 Å². The molecule has 6 nitrogen and oxygen atoms in total. The van der Waals surface area contributed by atoms with Crippen LogP contribution in [0.1, 0.15) is 54.6 Å². The number of halogens is 5. The highest BCUT2D eigenvalue weighted by atomic mass is 35.5. The molecule has 3 aliphatic rings. The van der Waals surface area contributed by atoms with Crippen LogP contribution in [-0.4, -0.2) is 38.2 Å². The van der Waals surface area contributed by atoms with Crippen LogP contribution in [0.25, 0.3) is 0 Å². The van der Waals surface area contributed by atoms with Crippen LogP contribution in [0.3, 0.4) is 0 Å². The van der Waals surface area contributed by atoms with Crippen LogP contribution in [-0.2, 0) is 35.3 Å². The first kappa shape index (κ1) is 23.1. The third-order valence-corrected chi connectivity index (χ3v) is 8.01. The largest absolute Gasteiger partial charge is 0.481 e. The number of alkyl halides is 3. The predicted octanol–water partition coefficient (Wildman–Crippen LogP) is 4.66. The molecule has 0 unspecified atom stereocenters. The smallest absolute Gasteiger partial charge is 0.435 e. The molecule has 34 heavy (non-hydrogen) atoms. The van der Waals surface area contributed by atoms with E-state index in [2.05, 4.69) is 5.10 Å². The highest BCUT2D eigenvalue weighted by molar-refractivity contribution is 6.30. The van der Waals surface area contributed by atoms with Crippen molar-refractivity contribution in [1.29, 1.82) is 0 Å². The van der Waals surface area contributed by atoms with Gasteiger partial charge in [0.15, 0.2) is 5.69 Å². The Labute approximate surface area is 197 Å². The van der Waals surface area contributed by atoms with Crippen molar-refractivity contribution in [2.75, 3.05) is 6.54 Å². The minimum Gasteiger partial charge on any atom is -0.481 e. The lowest BCUT2D eigenvalue weighted by Crippen LogP contribution is -2.45. The summed E-state index contributed by atoms with van der Waals surface area (Å²) < 4.78 is 56.6. The number of benzene rings is 1. The number of nitrogens with zero attached hydrogens (tertiary/aromatic N) is 3. The highest BCUT2D eigenvalue weighted by Gasteiger charge is 2.62. The van der Waals surface area contributed by atoms with Gasteiger partial charge in [-0.1, -0.05) is 17.7 Å². The molecule has 1 aromatic carbocycles. The summed E-state index contributed by atoms with van der Waals surface area (Å²) >= 11 is 5.78. The van der Waals surface area contributed by atoms with E-state index in [0.29, 0.717) is 25.7 Å². The Morgan fingerprint density at radius 2 is 1.82 bits per heavy atom. The molecule has 0 atom stereocenters. The quantitative estimate of drug-likeness (QED) is 0.621. The summed E-state index contributed by atoms with van der Waals surface area (Å²) in [6.07, 6.45) is -2.66. The minimum absolute atomic E-state index is 0.0150. The molecule has 2 fully saturated rings. The lowest BCUT2D eigenvalue weighted by atomic mass is 9.81. The van der Waals surface area contributed by atoms with Crippen LogP contribution in [0, 0.1) is 16.6 Å². The summed E-state index contributed by atoms with van der Waals surface area (Å²) in [6, 6.07) is 3.93. The number of amides is 1. The zero-order valence-corrected chi connectivity index (χ0v) is 18.8.